The molecule has 1 N–H and O–H groups in total. The average Bonchev–Trinajstić information content (AvgIpc) is 3.13. The Kier molecular flexibility index (Phi) is 5.71. The molecule has 0 saturated carbocycles. The molecule has 2 heterocycles. The highest BCUT2D eigenvalue weighted by Crippen LogP contribution is 2.23. The van der Waals surface area contributed by atoms with Gasteiger partial charge in [-0.2, -0.15) is 5.10 Å². The summed E-state index contributed by atoms with van der Waals surface area (Å²) in [6.07, 6.45) is 3.45. The van der Waals surface area contributed by atoms with E-state index in [2.05, 4.69) is 35.3 Å². The minimum Gasteiger partial charge on any atom is -0.339 e. The van der Waals surface area contributed by atoms with E-state index in [0.717, 1.165) is 24.4 Å². The first-order valence-electron chi connectivity index (χ1n) is 9.86. The zero-order chi connectivity index (χ0) is 20.2. The fourth-order valence-electron chi connectivity index (χ4n) is 3.62. The van der Waals surface area contributed by atoms with Crippen LogP contribution in [-0.2, 0) is 11.3 Å². The topological polar surface area (TPSA) is 53.9 Å². The van der Waals surface area contributed by atoms with Crippen LogP contribution in [0.1, 0.15) is 24.0 Å². The monoisotopic (exact) mass is 404 g/mol. The van der Waals surface area contributed by atoms with Crippen molar-refractivity contribution < 1.29 is 4.79 Å². The van der Waals surface area contributed by atoms with Crippen LogP contribution in [0.3, 0.4) is 0 Å². The van der Waals surface area contributed by atoms with Gasteiger partial charge in [-0.25, -0.2) is 0 Å². The Hall–Kier alpha value is -2.99. The summed E-state index contributed by atoms with van der Waals surface area (Å²) in [6.45, 7) is 3.98. The Bertz CT molecular complexity index is 1080. The normalized spacial score (nSPS) is 14.0. The summed E-state index contributed by atoms with van der Waals surface area (Å²) in [4.78, 5) is 14.7. The summed E-state index contributed by atoms with van der Waals surface area (Å²) < 4.78 is 2.45. The van der Waals surface area contributed by atoms with Crippen molar-refractivity contribution >= 4 is 23.7 Å². The zero-order valence-electron chi connectivity index (χ0n) is 16.5. The quantitative estimate of drug-likeness (QED) is 0.631. The largest absolute Gasteiger partial charge is 0.339 e. The first-order chi connectivity index (χ1) is 14.1. The van der Waals surface area contributed by atoms with Crippen molar-refractivity contribution in [1.82, 2.24) is 19.7 Å². The molecule has 1 aromatic heterocycles. The Balaban J connectivity index is 1.41. The molecular formula is C23H24N4OS. The van der Waals surface area contributed by atoms with Gasteiger partial charge in [0.2, 0.25) is 5.91 Å². The SMILES string of the molecule is Cc1ccc(-c2n[nH]c(=S)n2CCC(=O)N2CC=C(c3ccccc3)CC2)cc1. The molecule has 0 fully saturated rings. The highest BCUT2D eigenvalue weighted by molar-refractivity contribution is 7.71. The summed E-state index contributed by atoms with van der Waals surface area (Å²) in [5, 5.41) is 7.22. The fourth-order valence-corrected chi connectivity index (χ4v) is 3.85. The summed E-state index contributed by atoms with van der Waals surface area (Å²) in [5.41, 5.74) is 4.74. The van der Waals surface area contributed by atoms with Crippen LogP contribution in [0.2, 0.25) is 0 Å². The molecule has 0 unspecified atom stereocenters. The Morgan fingerprint density at radius 1 is 1.10 bits per heavy atom. The molecule has 148 valence electrons. The van der Waals surface area contributed by atoms with Crippen LogP contribution in [-0.4, -0.2) is 38.7 Å². The number of aromatic nitrogens is 3. The van der Waals surface area contributed by atoms with Gasteiger partial charge in [0, 0.05) is 31.6 Å². The maximum Gasteiger partial charge on any atom is 0.224 e. The lowest BCUT2D eigenvalue weighted by Gasteiger charge is -2.27. The summed E-state index contributed by atoms with van der Waals surface area (Å²) in [6, 6.07) is 18.5. The number of rotatable bonds is 5. The minimum absolute atomic E-state index is 0.145. The number of hydrogen-bond acceptors (Lipinski definition) is 3. The molecule has 29 heavy (non-hydrogen) atoms. The molecule has 0 aliphatic carbocycles. The van der Waals surface area contributed by atoms with E-state index >= 15 is 0 Å². The van der Waals surface area contributed by atoms with Crippen LogP contribution in [0.15, 0.2) is 60.7 Å². The van der Waals surface area contributed by atoms with E-state index in [-0.39, 0.29) is 5.91 Å². The number of amides is 1. The van der Waals surface area contributed by atoms with Gasteiger partial charge in [0.15, 0.2) is 10.6 Å². The van der Waals surface area contributed by atoms with Crippen molar-refractivity contribution in [1.29, 1.82) is 0 Å². The van der Waals surface area contributed by atoms with E-state index in [1.807, 2.05) is 51.9 Å². The molecule has 0 bridgehead atoms. The van der Waals surface area contributed by atoms with Crippen molar-refractivity contribution in [2.24, 2.45) is 0 Å². The van der Waals surface area contributed by atoms with Crippen LogP contribution in [0.4, 0.5) is 0 Å². The predicted molar refractivity (Wildman–Crippen MR) is 118 cm³/mol. The van der Waals surface area contributed by atoms with Gasteiger partial charge in [-0.3, -0.25) is 14.5 Å². The molecule has 5 nitrogen and oxygen atoms in total. The predicted octanol–water partition coefficient (Wildman–Crippen LogP) is 4.62. The molecule has 6 heteroatoms. The second-order valence-electron chi connectivity index (χ2n) is 7.31. The molecule has 3 aromatic rings. The van der Waals surface area contributed by atoms with Gasteiger partial charge in [0.05, 0.1) is 0 Å². The average molecular weight is 405 g/mol. The molecule has 0 radical (unpaired) electrons. The van der Waals surface area contributed by atoms with Crippen LogP contribution < -0.4 is 0 Å². The van der Waals surface area contributed by atoms with Crippen molar-refractivity contribution in [2.45, 2.75) is 26.3 Å². The third-order valence-electron chi connectivity index (χ3n) is 5.32. The van der Waals surface area contributed by atoms with Gasteiger partial charge in [-0.05, 0) is 36.7 Å². The molecule has 1 aliphatic heterocycles. The number of hydrogen-bond donors (Lipinski definition) is 1. The Morgan fingerprint density at radius 3 is 2.55 bits per heavy atom. The molecule has 0 atom stereocenters. The highest BCUT2D eigenvalue weighted by Gasteiger charge is 2.18. The first-order valence-corrected chi connectivity index (χ1v) is 10.3. The molecule has 0 saturated heterocycles. The standard InChI is InChI=1S/C23H24N4OS/c1-17-7-9-20(10-8-17)22-24-25-23(29)27(22)16-13-21(28)26-14-11-19(12-15-26)18-5-3-2-4-6-18/h2-11H,12-16H2,1H3,(H,25,29). The van der Waals surface area contributed by atoms with Gasteiger partial charge >= 0.3 is 0 Å². The first kappa shape index (κ1) is 19.3. The lowest BCUT2D eigenvalue weighted by atomic mass is 9.99. The van der Waals surface area contributed by atoms with Gasteiger partial charge in [0.1, 0.15) is 0 Å². The van der Waals surface area contributed by atoms with Crippen LogP contribution in [0.25, 0.3) is 17.0 Å². The maximum atomic E-state index is 12.8. The summed E-state index contributed by atoms with van der Waals surface area (Å²) in [7, 11) is 0. The number of H-pyrrole nitrogens is 1. The number of carbonyl (C=O) groups is 1. The molecule has 2 aromatic carbocycles. The number of aryl methyl sites for hydroxylation is 1. The highest BCUT2D eigenvalue weighted by atomic mass is 32.1. The van der Waals surface area contributed by atoms with Crippen molar-refractivity contribution in [3.8, 4) is 11.4 Å². The maximum absolute atomic E-state index is 12.8. The molecule has 0 spiro atoms. The van der Waals surface area contributed by atoms with E-state index < -0.39 is 0 Å². The lowest BCUT2D eigenvalue weighted by molar-refractivity contribution is -0.131. The smallest absolute Gasteiger partial charge is 0.224 e. The minimum atomic E-state index is 0.145. The molecule has 4 rings (SSSR count). The number of nitrogens with zero attached hydrogens (tertiary/aromatic N) is 3. The number of aromatic amines is 1. The van der Waals surface area contributed by atoms with E-state index in [1.165, 1.54) is 16.7 Å². The third kappa shape index (κ3) is 4.38. The number of benzene rings is 2. The third-order valence-corrected chi connectivity index (χ3v) is 5.64. The van der Waals surface area contributed by atoms with Crippen LogP contribution in [0.5, 0.6) is 0 Å². The van der Waals surface area contributed by atoms with Crippen LogP contribution >= 0.6 is 12.2 Å². The Labute approximate surface area is 175 Å². The van der Waals surface area contributed by atoms with Gasteiger partial charge in [0.25, 0.3) is 0 Å². The van der Waals surface area contributed by atoms with Crippen molar-refractivity contribution in [3.63, 3.8) is 0 Å². The van der Waals surface area contributed by atoms with Crippen molar-refractivity contribution in [2.75, 3.05) is 13.1 Å². The van der Waals surface area contributed by atoms with E-state index in [9.17, 15) is 4.79 Å². The zero-order valence-corrected chi connectivity index (χ0v) is 17.3. The van der Waals surface area contributed by atoms with E-state index in [1.54, 1.807) is 0 Å². The number of nitrogens with one attached hydrogen (secondary N) is 1. The molecular weight excluding hydrogens is 380 g/mol. The summed E-state index contributed by atoms with van der Waals surface area (Å²) >= 11 is 5.39. The van der Waals surface area contributed by atoms with E-state index in [4.69, 9.17) is 12.2 Å². The number of carbonyl (C=O) groups excluding carboxylic acids is 1. The lowest BCUT2D eigenvalue weighted by Crippen LogP contribution is -2.35. The van der Waals surface area contributed by atoms with Gasteiger partial charge < -0.3 is 4.90 Å². The van der Waals surface area contributed by atoms with Crippen LogP contribution in [0, 0.1) is 11.7 Å². The fraction of sp³-hybridized carbons (Fsp3) is 0.261. The Morgan fingerprint density at radius 2 is 1.86 bits per heavy atom. The van der Waals surface area contributed by atoms with E-state index in [0.29, 0.717) is 24.3 Å². The summed E-state index contributed by atoms with van der Waals surface area (Å²) in [5.74, 6) is 0.916. The van der Waals surface area contributed by atoms with Gasteiger partial charge in [-0.1, -0.05) is 66.2 Å². The van der Waals surface area contributed by atoms with Gasteiger partial charge in [-0.15, -0.1) is 0 Å². The second kappa shape index (κ2) is 8.57. The van der Waals surface area contributed by atoms with Crippen molar-refractivity contribution in [3.05, 3.63) is 76.6 Å². The second-order valence-corrected chi connectivity index (χ2v) is 7.69. The molecule has 1 aliphatic rings. The molecule has 1 amide bonds.